The number of nitrogen functional groups attached to an aromatic ring is 1. The van der Waals surface area contributed by atoms with Crippen LogP contribution < -0.4 is 16.5 Å². The summed E-state index contributed by atoms with van der Waals surface area (Å²) in [6.07, 6.45) is -2.49. The first-order chi connectivity index (χ1) is 19.7. The third kappa shape index (κ3) is 6.87. The summed E-state index contributed by atoms with van der Waals surface area (Å²) in [5.41, 5.74) is 4.87. The summed E-state index contributed by atoms with van der Waals surface area (Å²) in [7, 11) is 0. The van der Waals surface area contributed by atoms with Gasteiger partial charge in [-0.3, -0.25) is 4.79 Å². The second-order valence-corrected chi connectivity index (χ2v) is 11.0. The third-order valence-corrected chi connectivity index (χ3v) is 6.73. The Kier molecular flexibility index (Phi) is 8.57. The number of nitrogens with zero attached hydrogens (tertiary/aromatic N) is 3. The monoisotopic (exact) mass is 603 g/mol. The maximum Gasteiger partial charge on any atom is 0.434 e. The molecule has 4 aromatic rings. The van der Waals surface area contributed by atoms with Gasteiger partial charge >= 0.3 is 18.2 Å². The number of rotatable bonds is 7. The Morgan fingerprint density at radius 1 is 1.14 bits per heavy atom. The van der Waals surface area contributed by atoms with E-state index in [-0.39, 0.29) is 41.5 Å². The highest BCUT2D eigenvalue weighted by Crippen LogP contribution is 2.38. The number of thiazole rings is 1. The predicted octanol–water partition coefficient (Wildman–Crippen LogP) is 5.49. The number of carbonyl (C=O) groups is 2. The molecule has 10 nitrogen and oxygen atoms in total. The number of nitrogens with one attached hydrogen (secondary N) is 1. The normalized spacial score (nSPS) is 11.9. The molecule has 3 aromatic heterocycles. The number of ether oxygens (including phenoxy) is 2. The quantitative estimate of drug-likeness (QED) is 0.265. The van der Waals surface area contributed by atoms with Crippen LogP contribution in [0.1, 0.15) is 43.7 Å². The van der Waals surface area contributed by atoms with Crippen LogP contribution in [0.5, 0.6) is 0 Å². The molecule has 3 N–H and O–H groups in total. The van der Waals surface area contributed by atoms with Crippen LogP contribution in [0.4, 0.5) is 23.8 Å². The molecular weight excluding hydrogens is 575 g/mol. The minimum atomic E-state index is -4.62. The predicted molar refractivity (Wildman–Crippen MR) is 152 cm³/mol. The van der Waals surface area contributed by atoms with E-state index < -0.39 is 35.0 Å². The zero-order valence-corrected chi connectivity index (χ0v) is 24.0. The summed E-state index contributed by atoms with van der Waals surface area (Å²) in [6, 6.07) is 6.23. The Morgan fingerprint density at radius 3 is 2.52 bits per heavy atom. The van der Waals surface area contributed by atoms with Crippen molar-refractivity contribution in [2.45, 2.75) is 46.0 Å². The fraction of sp³-hybridized carbons (Fsp3) is 0.321. The van der Waals surface area contributed by atoms with E-state index in [1.807, 2.05) is 0 Å². The summed E-state index contributed by atoms with van der Waals surface area (Å²) in [6.45, 7) is 7.15. The van der Waals surface area contributed by atoms with Gasteiger partial charge in [0.2, 0.25) is 5.43 Å². The highest BCUT2D eigenvalue weighted by Gasteiger charge is 2.34. The molecule has 0 atom stereocenters. The fourth-order valence-electron chi connectivity index (χ4n) is 4.10. The Labute approximate surface area is 242 Å². The number of aromatic nitrogens is 3. The molecule has 14 heteroatoms. The molecule has 0 saturated carbocycles. The van der Waals surface area contributed by atoms with Gasteiger partial charge in [0.15, 0.2) is 5.69 Å². The number of benzene rings is 1. The van der Waals surface area contributed by atoms with Crippen LogP contribution in [-0.2, 0) is 22.2 Å². The van der Waals surface area contributed by atoms with Crippen LogP contribution in [-0.4, -0.2) is 45.4 Å². The number of esters is 1. The van der Waals surface area contributed by atoms with Gasteiger partial charge in [0.1, 0.15) is 22.0 Å². The molecule has 0 unspecified atom stereocenters. The summed E-state index contributed by atoms with van der Waals surface area (Å²) >= 11 is 0.797. The molecule has 0 aliphatic heterocycles. The van der Waals surface area contributed by atoms with E-state index in [0.717, 1.165) is 16.7 Å². The number of halogens is 3. The average Bonchev–Trinajstić information content (AvgIpc) is 3.40. The number of nitrogens with two attached hydrogens (primary N) is 1. The lowest BCUT2D eigenvalue weighted by atomic mass is 9.99. The van der Waals surface area contributed by atoms with Crippen LogP contribution in [0.3, 0.4) is 0 Å². The highest BCUT2D eigenvalue weighted by molar-refractivity contribution is 7.13. The van der Waals surface area contributed by atoms with Gasteiger partial charge in [-0.25, -0.2) is 19.6 Å². The molecule has 0 aliphatic carbocycles. The molecule has 0 bridgehead atoms. The highest BCUT2D eigenvalue weighted by atomic mass is 32.1. The smallest absolute Gasteiger partial charge is 0.434 e. The Balaban J connectivity index is 1.80. The Morgan fingerprint density at radius 2 is 1.88 bits per heavy atom. The minimum Gasteiger partial charge on any atom is -0.462 e. The lowest BCUT2D eigenvalue weighted by molar-refractivity contribution is -0.140. The van der Waals surface area contributed by atoms with Crippen molar-refractivity contribution < 1.29 is 32.2 Å². The number of carbonyl (C=O) groups excluding carboxylic acids is 2. The molecule has 1 aromatic carbocycles. The fourth-order valence-corrected chi connectivity index (χ4v) is 4.96. The van der Waals surface area contributed by atoms with Gasteiger partial charge in [0.25, 0.3) is 0 Å². The zero-order valence-electron chi connectivity index (χ0n) is 23.2. The number of anilines is 1. The van der Waals surface area contributed by atoms with Crippen LogP contribution in [0.25, 0.3) is 32.6 Å². The average molecular weight is 604 g/mol. The van der Waals surface area contributed by atoms with Crippen LogP contribution in [0.15, 0.2) is 46.8 Å². The molecule has 1 amide bonds. The lowest BCUT2D eigenvalue weighted by Crippen LogP contribution is -2.34. The van der Waals surface area contributed by atoms with Crippen molar-refractivity contribution in [1.29, 1.82) is 0 Å². The Bertz CT molecular complexity index is 1710. The van der Waals surface area contributed by atoms with E-state index >= 15 is 0 Å². The van der Waals surface area contributed by atoms with Crippen molar-refractivity contribution in [2.75, 3.05) is 18.9 Å². The first-order valence-electron chi connectivity index (χ1n) is 12.8. The topological polar surface area (TPSA) is 138 Å². The van der Waals surface area contributed by atoms with Gasteiger partial charge in [-0.2, -0.15) is 13.2 Å². The van der Waals surface area contributed by atoms with Crippen molar-refractivity contribution in [3.63, 3.8) is 0 Å². The zero-order chi connectivity index (χ0) is 30.8. The second-order valence-electron chi connectivity index (χ2n) is 10.1. The molecule has 0 saturated heterocycles. The molecule has 0 spiro atoms. The largest absolute Gasteiger partial charge is 0.462 e. The van der Waals surface area contributed by atoms with Crippen molar-refractivity contribution in [3.05, 3.63) is 63.5 Å². The van der Waals surface area contributed by atoms with Gasteiger partial charge in [-0.1, -0.05) is 6.07 Å². The van der Waals surface area contributed by atoms with E-state index in [1.165, 1.54) is 24.5 Å². The molecule has 42 heavy (non-hydrogen) atoms. The van der Waals surface area contributed by atoms with Gasteiger partial charge < -0.3 is 25.1 Å². The van der Waals surface area contributed by atoms with E-state index in [2.05, 4.69) is 15.3 Å². The van der Waals surface area contributed by atoms with Crippen LogP contribution >= 0.6 is 11.3 Å². The third-order valence-electron chi connectivity index (χ3n) is 5.86. The molecule has 4 rings (SSSR count). The standard InChI is InChI=1S/C28H28F3N5O5S/c1-5-40-25(38)19-13-36(9-8-33-26(39)41-27(2,3)4)20-7-6-15(10-17(20)23(19)37)18-12-34-22(32)11-16(18)24-35-21(14-42-24)28(29,30)31/h6-7,10-14H,5,8-9H2,1-4H3,(H2,32,34)(H,33,39). The number of pyridine rings is 2. The summed E-state index contributed by atoms with van der Waals surface area (Å²) in [5.74, 6) is -0.747. The van der Waals surface area contributed by atoms with Crippen molar-refractivity contribution >= 4 is 40.1 Å². The first-order valence-corrected chi connectivity index (χ1v) is 13.7. The molecule has 3 heterocycles. The van der Waals surface area contributed by atoms with Crippen molar-refractivity contribution in [1.82, 2.24) is 19.9 Å². The van der Waals surface area contributed by atoms with E-state index in [1.54, 1.807) is 44.4 Å². The molecular formula is C28H28F3N5O5S. The van der Waals surface area contributed by atoms with Gasteiger partial charge in [0.05, 0.1) is 12.1 Å². The summed E-state index contributed by atoms with van der Waals surface area (Å²) in [4.78, 5) is 46.1. The Hall–Kier alpha value is -4.46. The van der Waals surface area contributed by atoms with Crippen molar-refractivity contribution in [3.8, 4) is 21.7 Å². The van der Waals surface area contributed by atoms with Crippen LogP contribution in [0, 0.1) is 0 Å². The number of hydrogen-bond donors (Lipinski definition) is 2. The molecule has 0 radical (unpaired) electrons. The van der Waals surface area contributed by atoms with E-state index in [9.17, 15) is 27.6 Å². The van der Waals surface area contributed by atoms with E-state index in [0.29, 0.717) is 22.2 Å². The molecule has 0 aliphatic rings. The van der Waals surface area contributed by atoms with Gasteiger partial charge in [-0.15, -0.1) is 11.3 Å². The van der Waals surface area contributed by atoms with Crippen molar-refractivity contribution in [2.24, 2.45) is 0 Å². The van der Waals surface area contributed by atoms with E-state index in [4.69, 9.17) is 15.2 Å². The number of fused-ring (bicyclic) bond motifs is 1. The number of alkyl halides is 3. The maximum atomic E-state index is 13.5. The number of alkyl carbamates (subject to hydrolysis) is 1. The lowest BCUT2D eigenvalue weighted by Gasteiger charge is -2.20. The minimum absolute atomic E-state index is 0.0464. The number of amides is 1. The molecule has 0 fully saturated rings. The molecule has 222 valence electrons. The first kappa shape index (κ1) is 30.5. The van der Waals surface area contributed by atoms with Gasteiger partial charge in [0, 0.05) is 47.4 Å². The summed E-state index contributed by atoms with van der Waals surface area (Å²) in [5, 5.41) is 3.76. The number of hydrogen-bond acceptors (Lipinski definition) is 9. The SMILES string of the molecule is CCOC(=O)c1cn(CCNC(=O)OC(C)(C)C)c2ccc(-c3cnc(N)cc3-c3nc(C(F)(F)F)cs3)cc2c1=O. The second kappa shape index (κ2) is 11.8. The van der Waals surface area contributed by atoms with Gasteiger partial charge in [-0.05, 0) is 51.5 Å². The summed E-state index contributed by atoms with van der Waals surface area (Å²) < 4.78 is 51.7. The van der Waals surface area contributed by atoms with Crippen LogP contribution in [0.2, 0.25) is 0 Å². The maximum absolute atomic E-state index is 13.5.